The summed E-state index contributed by atoms with van der Waals surface area (Å²) < 4.78 is 13.2. The number of nitrogens with one attached hydrogen (secondary N) is 3. The number of benzene rings is 3. The van der Waals surface area contributed by atoms with Gasteiger partial charge in [-0.2, -0.15) is 0 Å². The Morgan fingerprint density at radius 2 is 1.30 bits per heavy atom. The smallest absolute Gasteiger partial charge is 0.323 e. The maximum absolute atomic E-state index is 13.2. The van der Waals surface area contributed by atoms with Crippen LogP contribution in [0.1, 0.15) is 5.56 Å². The van der Waals surface area contributed by atoms with E-state index in [0.29, 0.717) is 22.6 Å². The van der Waals surface area contributed by atoms with E-state index in [0.717, 1.165) is 0 Å². The number of halogens is 1. The fraction of sp³-hybridized carbons (Fsp3) is 0.0476. The zero-order chi connectivity index (χ0) is 19.1. The number of rotatable bonds is 5. The van der Waals surface area contributed by atoms with Crippen LogP contribution in [0.4, 0.5) is 26.2 Å². The second-order valence-electron chi connectivity index (χ2n) is 5.88. The summed E-state index contributed by atoms with van der Waals surface area (Å²) in [6.45, 7) is 0. The molecular formula is C21H18FN3O2. The zero-order valence-electron chi connectivity index (χ0n) is 14.4. The first-order valence-corrected chi connectivity index (χ1v) is 8.36. The molecule has 0 atom stereocenters. The lowest BCUT2D eigenvalue weighted by Crippen LogP contribution is -2.19. The molecule has 3 aromatic carbocycles. The second-order valence-corrected chi connectivity index (χ2v) is 5.88. The standard InChI is InChI=1S/C21H18FN3O2/c22-16-6-4-5-15(13-16)14-20(26)23-18-9-11-19(12-10-18)25-21(27)24-17-7-2-1-3-8-17/h1-13H,14H2,(H,23,26)(H2,24,25,27). The highest BCUT2D eigenvalue weighted by molar-refractivity contribution is 6.00. The lowest BCUT2D eigenvalue weighted by atomic mass is 10.1. The first-order chi connectivity index (χ1) is 13.1. The van der Waals surface area contributed by atoms with Crippen molar-refractivity contribution in [3.8, 4) is 0 Å². The van der Waals surface area contributed by atoms with Crippen molar-refractivity contribution in [3.63, 3.8) is 0 Å². The first kappa shape index (κ1) is 18.1. The predicted molar refractivity (Wildman–Crippen MR) is 104 cm³/mol. The number of anilines is 3. The molecule has 0 aromatic heterocycles. The van der Waals surface area contributed by atoms with Gasteiger partial charge in [-0.15, -0.1) is 0 Å². The largest absolute Gasteiger partial charge is 0.326 e. The highest BCUT2D eigenvalue weighted by atomic mass is 19.1. The number of para-hydroxylation sites is 1. The van der Waals surface area contributed by atoms with Crippen LogP contribution in [0.3, 0.4) is 0 Å². The topological polar surface area (TPSA) is 70.2 Å². The molecule has 0 spiro atoms. The fourth-order valence-electron chi connectivity index (χ4n) is 2.49. The van der Waals surface area contributed by atoms with E-state index in [1.54, 1.807) is 48.5 Å². The molecule has 0 bridgehead atoms. The highest BCUT2D eigenvalue weighted by Gasteiger charge is 2.06. The van der Waals surface area contributed by atoms with Crippen LogP contribution < -0.4 is 16.0 Å². The number of carbonyl (C=O) groups excluding carboxylic acids is 2. The quantitative estimate of drug-likeness (QED) is 0.617. The molecule has 0 aliphatic heterocycles. The minimum Gasteiger partial charge on any atom is -0.326 e. The molecule has 0 unspecified atom stereocenters. The molecule has 0 fully saturated rings. The Kier molecular flexibility index (Phi) is 5.79. The van der Waals surface area contributed by atoms with Crippen molar-refractivity contribution >= 4 is 29.0 Å². The molecule has 3 N–H and O–H groups in total. The number of amides is 3. The summed E-state index contributed by atoms with van der Waals surface area (Å²) >= 11 is 0. The monoisotopic (exact) mass is 363 g/mol. The molecule has 3 amide bonds. The molecule has 0 saturated carbocycles. The van der Waals surface area contributed by atoms with Gasteiger partial charge in [-0.1, -0.05) is 30.3 Å². The lowest BCUT2D eigenvalue weighted by molar-refractivity contribution is -0.115. The summed E-state index contributed by atoms with van der Waals surface area (Å²) in [6, 6.07) is 21.4. The van der Waals surface area contributed by atoms with Gasteiger partial charge in [0.2, 0.25) is 5.91 Å². The Balaban J connectivity index is 1.52. The average molecular weight is 363 g/mol. The van der Waals surface area contributed by atoms with Crippen molar-refractivity contribution in [2.45, 2.75) is 6.42 Å². The molecule has 27 heavy (non-hydrogen) atoms. The van der Waals surface area contributed by atoms with E-state index in [-0.39, 0.29) is 24.2 Å². The maximum Gasteiger partial charge on any atom is 0.323 e. The van der Waals surface area contributed by atoms with Crippen molar-refractivity contribution in [2.24, 2.45) is 0 Å². The van der Waals surface area contributed by atoms with Gasteiger partial charge in [-0.3, -0.25) is 4.79 Å². The van der Waals surface area contributed by atoms with E-state index in [1.807, 2.05) is 18.2 Å². The Labute approximate surface area is 156 Å². The third-order valence-electron chi connectivity index (χ3n) is 3.71. The molecule has 136 valence electrons. The van der Waals surface area contributed by atoms with Crippen molar-refractivity contribution in [2.75, 3.05) is 16.0 Å². The number of hydrogen-bond donors (Lipinski definition) is 3. The van der Waals surface area contributed by atoms with E-state index in [9.17, 15) is 14.0 Å². The van der Waals surface area contributed by atoms with Crippen LogP contribution in [-0.4, -0.2) is 11.9 Å². The minimum absolute atomic E-state index is 0.0806. The van der Waals surface area contributed by atoms with Crippen LogP contribution in [0, 0.1) is 5.82 Å². The second kappa shape index (κ2) is 8.62. The van der Waals surface area contributed by atoms with Gasteiger partial charge in [-0.05, 0) is 54.1 Å². The molecular weight excluding hydrogens is 345 g/mol. The van der Waals surface area contributed by atoms with Crippen LogP contribution in [0.15, 0.2) is 78.9 Å². The van der Waals surface area contributed by atoms with E-state index in [2.05, 4.69) is 16.0 Å². The van der Waals surface area contributed by atoms with Gasteiger partial charge in [0.05, 0.1) is 6.42 Å². The Morgan fingerprint density at radius 1 is 0.704 bits per heavy atom. The Hall–Kier alpha value is -3.67. The van der Waals surface area contributed by atoms with Crippen LogP contribution in [0.2, 0.25) is 0 Å². The SMILES string of the molecule is O=C(Cc1cccc(F)c1)Nc1ccc(NC(=O)Nc2ccccc2)cc1. The van der Waals surface area contributed by atoms with Gasteiger partial charge in [0, 0.05) is 17.1 Å². The van der Waals surface area contributed by atoms with E-state index >= 15 is 0 Å². The fourth-order valence-corrected chi connectivity index (χ4v) is 2.49. The van der Waals surface area contributed by atoms with Gasteiger partial charge in [0.1, 0.15) is 5.82 Å². The van der Waals surface area contributed by atoms with E-state index in [4.69, 9.17) is 0 Å². The first-order valence-electron chi connectivity index (χ1n) is 8.36. The number of hydrogen-bond acceptors (Lipinski definition) is 2. The summed E-state index contributed by atoms with van der Waals surface area (Å²) in [5.41, 5.74) is 2.47. The van der Waals surface area contributed by atoms with Crippen molar-refractivity contribution in [3.05, 3.63) is 90.2 Å². The zero-order valence-corrected chi connectivity index (χ0v) is 14.4. The van der Waals surface area contributed by atoms with E-state index < -0.39 is 0 Å². The van der Waals surface area contributed by atoms with Gasteiger partial charge >= 0.3 is 6.03 Å². The van der Waals surface area contributed by atoms with Crippen molar-refractivity contribution in [1.29, 1.82) is 0 Å². The highest BCUT2D eigenvalue weighted by Crippen LogP contribution is 2.15. The maximum atomic E-state index is 13.2. The molecule has 0 radical (unpaired) electrons. The molecule has 3 aromatic rings. The van der Waals surface area contributed by atoms with Crippen molar-refractivity contribution in [1.82, 2.24) is 0 Å². The summed E-state index contributed by atoms with van der Waals surface area (Å²) in [4.78, 5) is 24.0. The van der Waals surface area contributed by atoms with Crippen LogP contribution >= 0.6 is 0 Å². The third-order valence-corrected chi connectivity index (χ3v) is 3.71. The van der Waals surface area contributed by atoms with Crippen LogP contribution in [0.25, 0.3) is 0 Å². The number of urea groups is 1. The van der Waals surface area contributed by atoms with E-state index in [1.165, 1.54) is 12.1 Å². The average Bonchev–Trinajstić information content (AvgIpc) is 2.64. The van der Waals surface area contributed by atoms with Gasteiger partial charge in [0.15, 0.2) is 0 Å². The van der Waals surface area contributed by atoms with Gasteiger partial charge in [0.25, 0.3) is 0 Å². The normalized spacial score (nSPS) is 10.1. The summed E-state index contributed by atoms with van der Waals surface area (Å²) in [7, 11) is 0. The Bertz CT molecular complexity index is 928. The van der Waals surface area contributed by atoms with Crippen LogP contribution in [0.5, 0.6) is 0 Å². The van der Waals surface area contributed by atoms with Gasteiger partial charge < -0.3 is 16.0 Å². The molecule has 0 saturated heterocycles. The molecule has 6 heteroatoms. The molecule has 0 aliphatic rings. The molecule has 0 heterocycles. The summed E-state index contributed by atoms with van der Waals surface area (Å²) in [6.07, 6.45) is 0.0806. The third kappa shape index (κ3) is 5.67. The van der Waals surface area contributed by atoms with Crippen LogP contribution in [-0.2, 0) is 11.2 Å². The summed E-state index contributed by atoms with van der Waals surface area (Å²) in [5, 5.41) is 8.17. The predicted octanol–water partition coefficient (Wildman–Crippen LogP) is 4.65. The van der Waals surface area contributed by atoms with Crippen molar-refractivity contribution < 1.29 is 14.0 Å². The molecule has 3 rings (SSSR count). The molecule has 0 aliphatic carbocycles. The minimum atomic E-state index is -0.371. The lowest BCUT2D eigenvalue weighted by Gasteiger charge is -2.09. The summed E-state index contributed by atoms with van der Waals surface area (Å²) in [5.74, 6) is -0.618. The Morgan fingerprint density at radius 3 is 1.93 bits per heavy atom. The molecule has 5 nitrogen and oxygen atoms in total. The van der Waals surface area contributed by atoms with Gasteiger partial charge in [-0.25, -0.2) is 9.18 Å². The number of carbonyl (C=O) groups is 2.